The molecule has 2 rings (SSSR count). The summed E-state index contributed by atoms with van der Waals surface area (Å²) >= 11 is 1.73. The molecule has 0 fully saturated rings. The standard InChI is InChI=1S/C15H20N2O3S/c1-3-15(2,14(19)20)16-10-13(18)17-8-9-21-12-7-5-4-6-11(12)17/h4-7,16H,3,8-10H2,1-2H3,(H,19,20). The number of hydrogen-bond acceptors (Lipinski definition) is 4. The predicted octanol–water partition coefficient (Wildman–Crippen LogP) is 1.97. The van der Waals surface area contributed by atoms with Gasteiger partial charge in [0.15, 0.2) is 0 Å². The average molecular weight is 308 g/mol. The second kappa shape index (κ2) is 6.49. The van der Waals surface area contributed by atoms with E-state index in [2.05, 4.69) is 5.32 Å². The van der Waals surface area contributed by atoms with Crippen LogP contribution in [0.15, 0.2) is 29.2 Å². The lowest BCUT2D eigenvalue weighted by Crippen LogP contribution is -2.53. The van der Waals surface area contributed by atoms with Crippen LogP contribution in [-0.2, 0) is 9.59 Å². The van der Waals surface area contributed by atoms with Crippen LogP contribution >= 0.6 is 11.8 Å². The van der Waals surface area contributed by atoms with E-state index in [0.29, 0.717) is 13.0 Å². The van der Waals surface area contributed by atoms with Crippen LogP contribution < -0.4 is 10.2 Å². The number of hydrogen-bond donors (Lipinski definition) is 2. The Morgan fingerprint density at radius 1 is 1.43 bits per heavy atom. The van der Waals surface area contributed by atoms with E-state index < -0.39 is 11.5 Å². The maximum Gasteiger partial charge on any atom is 0.323 e. The summed E-state index contributed by atoms with van der Waals surface area (Å²) in [6.07, 6.45) is 0.419. The molecule has 1 amide bonds. The van der Waals surface area contributed by atoms with Crippen molar-refractivity contribution in [1.29, 1.82) is 0 Å². The zero-order valence-electron chi connectivity index (χ0n) is 12.3. The van der Waals surface area contributed by atoms with Crippen molar-refractivity contribution in [3.8, 4) is 0 Å². The molecule has 1 aromatic rings. The number of nitrogens with one attached hydrogen (secondary N) is 1. The minimum absolute atomic E-state index is 0.0235. The molecule has 0 bridgehead atoms. The van der Waals surface area contributed by atoms with E-state index in [1.165, 1.54) is 0 Å². The number of carbonyl (C=O) groups excluding carboxylic acids is 1. The molecule has 1 aromatic carbocycles. The number of aliphatic carboxylic acids is 1. The smallest absolute Gasteiger partial charge is 0.323 e. The van der Waals surface area contributed by atoms with E-state index in [0.717, 1.165) is 16.3 Å². The number of para-hydroxylation sites is 1. The van der Waals surface area contributed by atoms with Gasteiger partial charge in [-0.1, -0.05) is 19.1 Å². The minimum Gasteiger partial charge on any atom is -0.480 e. The van der Waals surface area contributed by atoms with Gasteiger partial charge in [-0.15, -0.1) is 11.8 Å². The Morgan fingerprint density at radius 2 is 2.14 bits per heavy atom. The highest BCUT2D eigenvalue weighted by Gasteiger charge is 2.32. The maximum absolute atomic E-state index is 12.4. The third-order valence-corrected chi connectivity index (χ3v) is 4.88. The van der Waals surface area contributed by atoms with Gasteiger partial charge in [0.05, 0.1) is 12.2 Å². The molecule has 0 saturated heterocycles. The zero-order chi connectivity index (χ0) is 15.5. The average Bonchev–Trinajstić information content (AvgIpc) is 2.51. The Balaban J connectivity index is 2.07. The number of fused-ring (bicyclic) bond motifs is 1. The second-order valence-corrected chi connectivity index (χ2v) is 6.34. The monoisotopic (exact) mass is 308 g/mol. The highest BCUT2D eigenvalue weighted by molar-refractivity contribution is 7.99. The molecule has 6 heteroatoms. The summed E-state index contributed by atoms with van der Waals surface area (Å²) < 4.78 is 0. The van der Waals surface area contributed by atoms with Crippen molar-refractivity contribution in [1.82, 2.24) is 5.32 Å². The number of anilines is 1. The summed E-state index contributed by atoms with van der Waals surface area (Å²) in [5.74, 6) is -0.178. The van der Waals surface area contributed by atoms with Gasteiger partial charge >= 0.3 is 5.97 Å². The molecule has 21 heavy (non-hydrogen) atoms. The van der Waals surface area contributed by atoms with E-state index in [1.54, 1.807) is 30.5 Å². The van der Waals surface area contributed by atoms with E-state index in [9.17, 15) is 14.7 Å². The molecule has 2 N–H and O–H groups in total. The van der Waals surface area contributed by atoms with Gasteiger partial charge in [-0.3, -0.25) is 14.9 Å². The molecule has 1 unspecified atom stereocenters. The van der Waals surface area contributed by atoms with Crippen LogP contribution in [0.5, 0.6) is 0 Å². The van der Waals surface area contributed by atoms with Crippen LogP contribution in [0.2, 0.25) is 0 Å². The molecule has 1 heterocycles. The maximum atomic E-state index is 12.4. The number of rotatable bonds is 5. The number of nitrogens with zero attached hydrogens (tertiary/aromatic N) is 1. The number of carboxylic acid groups (broad SMARTS) is 1. The fourth-order valence-corrected chi connectivity index (χ4v) is 3.14. The van der Waals surface area contributed by atoms with E-state index >= 15 is 0 Å². The third-order valence-electron chi connectivity index (χ3n) is 3.84. The molecule has 5 nitrogen and oxygen atoms in total. The van der Waals surface area contributed by atoms with Gasteiger partial charge in [0.2, 0.25) is 5.91 Å². The van der Waals surface area contributed by atoms with Crippen molar-refractivity contribution < 1.29 is 14.7 Å². The third kappa shape index (κ3) is 3.39. The summed E-state index contributed by atoms with van der Waals surface area (Å²) in [6, 6.07) is 7.79. The van der Waals surface area contributed by atoms with Crippen molar-refractivity contribution in [2.45, 2.75) is 30.7 Å². The fourth-order valence-electron chi connectivity index (χ4n) is 2.15. The highest BCUT2D eigenvalue weighted by Crippen LogP contribution is 2.34. The van der Waals surface area contributed by atoms with Crippen LogP contribution in [0.3, 0.4) is 0 Å². The number of carboxylic acids is 1. The molecular formula is C15H20N2O3S. The highest BCUT2D eigenvalue weighted by atomic mass is 32.2. The normalized spacial score (nSPS) is 17.0. The Hall–Kier alpha value is -1.53. The number of amides is 1. The summed E-state index contributed by atoms with van der Waals surface area (Å²) in [5.41, 5.74) is -0.159. The van der Waals surface area contributed by atoms with Gasteiger partial charge in [0, 0.05) is 17.2 Å². The van der Waals surface area contributed by atoms with Crippen molar-refractivity contribution >= 4 is 29.3 Å². The van der Waals surface area contributed by atoms with E-state index in [1.807, 2.05) is 24.3 Å². The Labute approximate surface area is 128 Å². The molecule has 114 valence electrons. The molecule has 1 aliphatic rings. The first-order valence-electron chi connectivity index (χ1n) is 6.98. The molecule has 0 radical (unpaired) electrons. The molecule has 1 aliphatic heterocycles. The Morgan fingerprint density at radius 3 is 2.81 bits per heavy atom. The van der Waals surface area contributed by atoms with Gasteiger partial charge in [-0.25, -0.2) is 0 Å². The SMILES string of the molecule is CCC(C)(NCC(=O)N1CCSc2ccccc21)C(=O)O. The topological polar surface area (TPSA) is 69.6 Å². The van der Waals surface area contributed by atoms with E-state index in [4.69, 9.17) is 0 Å². The molecule has 0 saturated carbocycles. The van der Waals surface area contributed by atoms with Crippen LogP contribution in [0.25, 0.3) is 0 Å². The summed E-state index contributed by atoms with van der Waals surface area (Å²) in [7, 11) is 0. The zero-order valence-corrected chi connectivity index (χ0v) is 13.1. The van der Waals surface area contributed by atoms with Crippen molar-refractivity contribution in [3.05, 3.63) is 24.3 Å². The van der Waals surface area contributed by atoms with Crippen molar-refractivity contribution in [2.24, 2.45) is 0 Å². The lowest BCUT2D eigenvalue weighted by Gasteiger charge is -2.31. The van der Waals surface area contributed by atoms with Gasteiger partial charge in [0.25, 0.3) is 0 Å². The van der Waals surface area contributed by atoms with Gasteiger partial charge in [-0.2, -0.15) is 0 Å². The largest absolute Gasteiger partial charge is 0.480 e. The van der Waals surface area contributed by atoms with Crippen LogP contribution in [0, 0.1) is 0 Å². The number of benzene rings is 1. The van der Waals surface area contributed by atoms with Crippen LogP contribution in [0.4, 0.5) is 5.69 Å². The lowest BCUT2D eigenvalue weighted by molar-refractivity contribution is -0.144. The number of thioether (sulfide) groups is 1. The second-order valence-electron chi connectivity index (χ2n) is 5.21. The summed E-state index contributed by atoms with van der Waals surface area (Å²) in [6.45, 7) is 4.06. The number of carbonyl (C=O) groups is 2. The van der Waals surface area contributed by atoms with Gasteiger partial charge in [-0.05, 0) is 25.5 Å². The Kier molecular flexibility index (Phi) is 4.90. The predicted molar refractivity (Wildman–Crippen MR) is 83.9 cm³/mol. The molecule has 1 atom stereocenters. The van der Waals surface area contributed by atoms with Crippen LogP contribution in [0.1, 0.15) is 20.3 Å². The quantitative estimate of drug-likeness (QED) is 0.870. The molecule has 0 aromatic heterocycles. The summed E-state index contributed by atoms with van der Waals surface area (Å²) in [5, 5.41) is 12.1. The molecular weight excluding hydrogens is 288 g/mol. The first-order valence-corrected chi connectivity index (χ1v) is 7.97. The first-order chi connectivity index (χ1) is 9.98. The van der Waals surface area contributed by atoms with Crippen molar-refractivity contribution in [2.75, 3.05) is 23.7 Å². The van der Waals surface area contributed by atoms with Crippen molar-refractivity contribution in [3.63, 3.8) is 0 Å². The molecule has 0 spiro atoms. The van der Waals surface area contributed by atoms with Gasteiger partial charge in [0.1, 0.15) is 5.54 Å². The van der Waals surface area contributed by atoms with E-state index in [-0.39, 0.29) is 12.5 Å². The fraction of sp³-hybridized carbons (Fsp3) is 0.467. The molecule has 0 aliphatic carbocycles. The van der Waals surface area contributed by atoms with Gasteiger partial charge < -0.3 is 10.0 Å². The summed E-state index contributed by atoms with van der Waals surface area (Å²) in [4.78, 5) is 26.5. The first kappa shape index (κ1) is 15.9. The Bertz CT molecular complexity index is 549. The minimum atomic E-state index is -1.07. The lowest BCUT2D eigenvalue weighted by atomic mass is 9.99. The van der Waals surface area contributed by atoms with Crippen LogP contribution in [-0.4, -0.2) is 41.4 Å².